The maximum absolute atomic E-state index is 11.0. The highest BCUT2D eigenvalue weighted by Crippen LogP contribution is 2.29. The van der Waals surface area contributed by atoms with Crippen LogP contribution in [0.25, 0.3) is 0 Å². The Morgan fingerprint density at radius 1 is 1.47 bits per heavy atom. The second kappa shape index (κ2) is 5.98. The molecule has 0 N–H and O–H groups in total. The number of hydrogen-bond donors (Lipinski definition) is 0. The molecule has 0 aliphatic carbocycles. The van der Waals surface area contributed by atoms with Gasteiger partial charge in [-0.15, -0.1) is 11.3 Å². The SMILES string of the molecule is CN(Cc1csc(Br)c1)c1ncc(Br)cc1[N+](=O)[O-]. The molecule has 0 radical (unpaired) electrons. The molecular formula is C11H9Br2N3O2S. The number of aromatic nitrogens is 1. The van der Waals surface area contributed by atoms with Crippen LogP contribution in [0, 0.1) is 10.1 Å². The predicted octanol–water partition coefficient (Wildman–Crippen LogP) is 4.21. The smallest absolute Gasteiger partial charge is 0.312 e. The number of nitro groups is 1. The highest BCUT2D eigenvalue weighted by Gasteiger charge is 2.19. The van der Waals surface area contributed by atoms with Crippen molar-refractivity contribution in [2.24, 2.45) is 0 Å². The van der Waals surface area contributed by atoms with Crippen molar-refractivity contribution in [1.29, 1.82) is 0 Å². The van der Waals surface area contributed by atoms with Gasteiger partial charge in [0.1, 0.15) is 0 Å². The minimum Gasteiger partial charge on any atom is -0.350 e. The summed E-state index contributed by atoms with van der Waals surface area (Å²) in [5.41, 5.74) is 1.07. The van der Waals surface area contributed by atoms with Crippen LogP contribution in [0.1, 0.15) is 5.56 Å². The molecule has 0 amide bonds. The molecule has 0 aliphatic rings. The third-order valence-corrected chi connectivity index (χ3v) is 4.40. The molecule has 0 fully saturated rings. The lowest BCUT2D eigenvalue weighted by Gasteiger charge is -2.17. The lowest BCUT2D eigenvalue weighted by atomic mass is 10.3. The molecule has 5 nitrogen and oxygen atoms in total. The van der Waals surface area contributed by atoms with Crippen molar-refractivity contribution in [3.05, 3.63) is 47.6 Å². The molecule has 0 spiro atoms. The Morgan fingerprint density at radius 2 is 2.21 bits per heavy atom. The first-order valence-corrected chi connectivity index (χ1v) is 7.68. The van der Waals surface area contributed by atoms with Gasteiger partial charge in [0.05, 0.1) is 8.71 Å². The van der Waals surface area contributed by atoms with Crippen LogP contribution in [-0.4, -0.2) is 17.0 Å². The standard InChI is InChI=1S/C11H9Br2N3O2S/c1-15(5-7-2-10(13)19-6-7)11-9(16(17)18)3-8(12)4-14-11/h2-4,6H,5H2,1H3. The van der Waals surface area contributed by atoms with E-state index in [1.54, 1.807) is 29.5 Å². The first-order chi connectivity index (χ1) is 8.97. The zero-order chi connectivity index (χ0) is 14.0. The van der Waals surface area contributed by atoms with Gasteiger partial charge in [0, 0.05) is 30.3 Å². The van der Waals surface area contributed by atoms with E-state index in [1.165, 1.54) is 6.07 Å². The average Bonchev–Trinajstić information content (AvgIpc) is 2.74. The van der Waals surface area contributed by atoms with Crippen molar-refractivity contribution in [3.63, 3.8) is 0 Å². The zero-order valence-corrected chi connectivity index (χ0v) is 13.8. The van der Waals surface area contributed by atoms with Crippen molar-refractivity contribution < 1.29 is 4.92 Å². The summed E-state index contributed by atoms with van der Waals surface area (Å²) in [7, 11) is 1.79. The Balaban J connectivity index is 2.28. The van der Waals surface area contributed by atoms with Gasteiger partial charge >= 0.3 is 5.69 Å². The predicted molar refractivity (Wildman–Crippen MR) is 82.7 cm³/mol. The number of hydrogen-bond acceptors (Lipinski definition) is 5. The van der Waals surface area contributed by atoms with E-state index >= 15 is 0 Å². The summed E-state index contributed by atoms with van der Waals surface area (Å²) in [6.07, 6.45) is 1.56. The molecule has 2 rings (SSSR count). The summed E-state index contributed by atoms with van der Waals surface area (Å²) in [6.45, 7) is 0.567. The van der Waals surface area contributed by atoms with Crippen LogP contribution in [0.5, 0.6) is 0 Å². The molecule has 2 aromatic heterocycles. The molecule has 2 heterocycles. The Bertz CT molecular complexity index is 618. The van der Waals surface area contributed by atoms with Gasteiger partial charge in [-0.3, -0.25) is 10.1 Å². The van der Waals surface area contributed by atoms with Crippen molar-refractivity contribution in [3.8, 4) is 0 Å². The molecule has 0 unspecified atom stereocenters. The molecule has 0 atom stereocenters. The summed E-state index contributed by atoms with van der Waals surface area (Å²) in [5, 5.41) is 13.1. The molecule has 8 heteroatoms. The van der Waals surface area contributed by atoms with Crippen LogP contribution < -0.4 is 4.90 Å². The monoisotopic (exact) mass is 405 g/mol. The van der Waals surface area contributed by atoms with E-state index in [0.29, 0.717) is 16.8 Å². The van der Waals surface area contributed by atoms with Gasteiger partial charge in [-0.2, -0.15) is 0 Å². The van der Waals surface area contributed by atoms with Gasteiger partial charge in [-0.25, -0.2) is 4.98 Å². The van der Waals surface area contributed by atoms with E-state index in [4.69, 9.17) is 0 Å². The lowest BCUT2D eigenvalue weighted by Crippen LogP contribution is -2.18. The fourth-order valence-corrected chi connectivity index (χ4v) is 3.15. The van der Waals surface area contributed by atoms with Gasteiger partial charge in [0.25, 0.3) is 0 Å². The van der Waals surface area contributed by atoms with Gasteiger partial charge in [0.15, 0.2) is 0 Å². The molecule has 0 aliphatic heterocycles. The Hall–Kier alpha value is -0.990. The normalized spacial score (nSPS) is 10.5. The van der Waals surface area contributed by atoms with E-state index in [9.17, 15) is 10.1 Å². The molecule has 2 aromatic rings. The van der Waals surface area contributed by atoms with Gasteiger partial charge < -0.3 is 4.90 Å². The van der Waals surface area contributed by atoms with E-state index in [1.807, 2.05) is 11.4 Å². The van der Waals surface area contributed by atoms with Crippen LogP contribution >= 0.6 is 43.2 Å². The summed E-state index contributed by atoms with van der Waals surface area (Å²) in [6, 6.07) is 3.45. The number of rotatable bonds is 4. The maximum atomic E-state index is 11.0. The molecule has 19 heavy (non-hydrogen) atoms. The topological polar surface area (TPSA) is 59.3 Å². The highest BCUT2D eigenvalue weighted by atomic mass is 79.9. The van der Waals surface area contributed by atoms with E-state index in [2.05, 4.69) is 36.8 Å². The van der Waals surface area contributed by atoms with Crippen LogP contribution in [0.2, 0.25) is 0 Å². The third kappa shape index (κ3) is 3.52. The maximum Gasteiger partial charge on any atom is 0.312 e. The quantitative estimate of drug-likeness (QED) is 0.563. The second-order valence-corrected chi connectivity index (χ2v) is 7.07. The van der Waals surface area contributed by atoms with Crippen LogP contribution in [0.15, 0.2) is 32.0 Å². The molecule has 100 valence electrons. The number of thiophene rings is 1. The number of anilines is 1. The van der Waals surface area contributed by atoms with Crippen LogP contribution in [0.3, 0.4) is 0 Å². The van der Waals surface area contributed by atoms with Gasteiger partial charge in [0.2, 0.25) is 5.82 Å². The Morgan fingerprint density at radius 3 is 2.79 bits per heavy atom. The van der Waals surface area contributed by atoms with Gasteiger partial charge in [-0.05, 0) is 48.9 Å². The second-order valence-electron chi connectivity index (χ2n) is 3.87. The summed E-state index contributed by atoms with van der Waals surface area (Å²) in [4.78, 5) is 16.5. The van der Waals surface area contributed by atoms with Crippen molar-refractivity contribution >= 4 is 54.7 Å². The molecular weight excluding hydrogens is 398 g/mol. The van der Waals surface area contributed by atoms with Gasteiger partial charge in [-0.1, -0.05) is 0 Å². The average molecular weight is 407 g/mol. The van der Waals surface area contributed by atoms with E-state index in [0.717, 1.165) is 9.35 Å². The fraction of sp³-hybridized carbons (Fsp3) is 0.182. The van der Waals surface area contributed by atoms with E-state index in [-0.39, 0.29) is 5.69 Å². The number of nitrogens with zero attached hydrogens (tertiary/aromatic N) is 3. The highest BCUT2D eigenvalue weighted by molar-refractivity contribution is 9.11. The molecule has 0 aromatic carbocycles. The Kier molecular flexibility index (Phi) is 4.54. The summed E-state index contributed by atoms with van der Waals surface area (Å²) >= 11 is 8.17. The molecule has 0 saturated carbocycles. The number of pyridine rings is 1. The number of halogens is 2. The lowest BCUT2D eigenvalue weighted by molar-refractivity contribution is -0.384. The third-order valence-electron chi connectivity index (χ3n) is 2.41. The Labute approximate surface area is 130 Å². The minimum absolute atomic E-state index is 0.00818. The molecule has 0 saturated heterocycles. The first kappa shape index (κ1) is 14.4. The summed E-state index contributed by atoms with van der Waals surface area (Å²) in [5.74, 6) is 0.357. The minimum atomic E-state index is -0.423. The van der Waals surface area contributed by atoms with Crippen LogP contribution in [0.4, 0.5) is 11.5 Å². The van der Waals surface area contributed by atoms with Crippen molar-refractivity contribution in [1.82, 2.24) is 4.98 Å². The van der Waals surface area contributed by atoms with E-state index < -0.39 is 4.92 Å². The van der Waals surface area contributed by atoms with Crippen molar-refractivity contribution in [2.45, 2.75) is 6.54 Å². The van der Waals surface area contributed by atoms with Crippen LogP contribution in [-0.2, 0) is 6.54 Å². The van der Waals surface area contributed by atoms with Crippen molar-refractivity contribution in [2.75, 3.05) is 11.9 Å². The first-order valence-electron chi connectivity index (χ1n) is 5.21. The summed E-state index contributed by atoms with van der Waals surface area (Å²) < 4.78 is 1.63. The molecule has 0 bridgehead atoms. The fourth-order valence-electron chi connectivity index (χ4n) is 1.63. The largest absolute Gasteiger partial charge is 0.350 e. The zero-order valence-electron chi connectivity index (χ0n) is 9.84.